The van der Waals surface area contributed by atoms with Gasteiger partial charge in [0, 0.05) is 42.7 Å². The van der Waals surface area contributed by atoms with Crippen LogP contribution in [-0.4, -0.2) is 57.8 Å². The van der Waals surface area contributed by atoms with E-state index in [1.807, 2.05) is 16.7 Å². The first kappa shape index (κ1) is 17.6. The minimum atomic E-state index is -0.166. The van der Waals surface area contributed by atoms with E-state index in [4.69, 9.17) is 0 Å². The van der Waals surface area contributed by atoms with Crippen LogP contribution >= 0.6 is 0 Å². The van der Waals surface area contributed by atoms with Crippen LogP contribution in [0.3, 0.4) is 0 Å². The molecule has 26 heavy (non-hydrogen) atoms. The predicted molar refractivity (Wildman–Crippen MR) is 98.6 cm³/mol. The highest BCUT2D eigenvalue weighted by Crippen LogP contribution is 2.49. The van der Waals surface area contributed by atoms with E-state index < -0.39 is 0 Å². The van der Waals surface area contributed by atoms with Crippen LogP contribution in [-0.2, 0) is 11.2 Å². The number of H-pyrrole nitrogens is 1. The molecular formula is C20H30N4O2. The predicted octanol–water partition coefficient (Wildman–Crippen LogP) is 2.47. The number of likely N-dealkylation sites (tertiary alicyclic amines) is 2. The number of nitrogens with one attached hydrogen (secondary N) is 1. The number of amides is 2. The number of imidazole rings is 1. The zero-order valence-electron chi connectivity index (χ0n) is 16.2. The third-order valence-corrected chi connectivity index (χ3v) is 7.09. The highest BCUT2D eigenvalue weighted by molar-refractivity contribution is 5.94. The molecule has 6 heteroatoms. The Balaban J connectivity index is 1.33. The topological polar surface area (TPSA) is 69.3 Å². The van der Waals surface area contributed by atoms with Gasteiger partial charge in [-0.3, -0.25) is 9.59 Å². The Kier molecular flexibility index (Phi) is 4.12. The number of aryl methyl sites for hydroxylation is 1. The molecule has 0 aromatic carbocycles. The molecular weight excluding hydrogens is 328 g/mol. The Morgan fingerprint density at radius 1 is 1.23 bits per heavy atom. The lowest BCUT2D eigenvalue weighted by Gasteiger charge is -2.61. The van der Waals surface area contributed by atoms with Crippen LogP contribution in [0.2, 0.25) is 0 Å². The highest BCUT2D eigenvalue weighted by Gasteiger charge is 2.57. The molecule has 2 atom stereocenters. The van der Waals surface area contributed by atoms with E-state index in [0.717, 1.165) is 51.1 Å². The van der Waals surface area contributed by atoms with Crippen molar-refractivity contribution in [3.63, 3.8) is 0 Å². The van der Waals surface area contributed by atoms with Crippen LogP contribution in [0.5, 0.6) is 0 Å². The fourth-order valence-corrected chi connectivity index (χ4v) is 5.47. The summed E-state index contributed by atoms with van der Waals surface area (Å²) in [5.74, 6) is 0.892. The average Bonchev–Trinajstić information content (AvgIpc) is 3.18. The number of hydrogen-bond acceptors (Lipinski definition) is 3. The second-order valence-corrected chi connectivity index (χ2v) is 8.82. The van der Waals surface area contributed by atoms with Gasteiger partial charge in [0.1, 0.15) is 5.69 Å². The molecule has 2 aliphatic heterocycles. The summed E-state index contributed by atoms with van der Waals surface area (Å²) in [6.07, 6.45) is 6.84. The van der Waals surface area contributed by atoms with Gasteiger partial charge in [-0.2, -0.15) is 0 Å². The first-order valence-electron chi connectivity index (χ1n) is 10.0. The van der Waals surface area contributed by atoms with Gasteiger partial charge in [0.2, 0.25) is 5.91 Å². The van der Waals surface area contributed by atoms with Crippen molar-refractivity contribution in [3.8, 4) is 0 Å². The third-order valence-electron chi connectivity index (χ3n) is 7.09. The fourth-order valence-electron chi connectivity index (χ4n) is 5.47. The van der Waals surface area contributed by atoms with Crippen molar-refractivity contribution < 1.29 is 9.59 Å². The number of carbonyl (C=O) groups is 2. The van der Waals surface area contributed by atoms with E-state index in [-0.39, 0.29) is 16.7 Å². The Morgan fingerprint density at radius 2 is 1.92 bits per heavy atom. The largest absolute Gasteiger partial charge is 0.348 e. The van der Waals surface area contributed by atoms with E-state index in [0.29, 0.717) is 17.5 Å². The lowest BCUT2D eigenvalue weighted by Crippen LogP contribution is -2.74. The molecule has 3 heterocycles. The standard InChI is InChI=1S/C20H30N4O2/c1-4-14-7-6-8-19(14,3)18(26)24-11-20(12-24)9-23(10-20)17(25)16-15(5-2)21-13-22-16/h13-14H,4-12H2,1-3H3,(H,21,22). The summed E-state index contributed by atoms with van der Waals surface area (Å²) in [5, 5.41) is 0. The fraction of sp³-hybridized carbons (Fsp3) is 0.750. The quantitative estimate of drug-likeness (QED) is 0.899. The van der Waals surface area contributed by atoms with Gasteiger partial charge in [-0.1, -0.05) is 33.6 Å². The van der Waals surface area contributed by atoms with Crippen LogP contribution < -0.4 is 0 Å². The number of nitrogens with zero attached hydrogens (tertiary/aromatic N) is 3. The van der Waals surface area contributed by atoms with E-state index in [1.54, 1.807) is 6.33 Å². The summed E-state index contributed by atoms with van der Waals surface area (Å²) in [4.78, 5) is 36.8. The van der Waals surface area contributed by atoms with Crippen molar-refractivity contribution in [2.45, 2.75) is 52.9 Å². The normalized spacial score (nSPS) is 29.6. The van der Waals surface area contributed by atoms with E-state index in [9.17, 15) is 9.59 Å². The van der Waals surface area contributed by atoms with Gasteiger partial charge in [0.05, 0.1) is 6.33 Å². The Labute approximate surface area is 155 Å². The van der Waals surface area contributed by atoms with Crippen molar-refractivity contribution >= 4 is 11.8 Å². The average molecular weight is 358 g/mol. The molecule has 3 fully saturated rings. The molecule has 1 N–H and O–H groups in total. The highest BCUT2D eigenvalue weighted by atomic mass is 16.2. The lowest BCUT2D eigenvalue weighted by molar-refractivity contribution is -0.166. The molecule has 2 unspecified atom stereocenters. The zero-order chi connectivity index (χ0) is 18.5. The SMILES string of the molecule is CCc1[nH]cnc1C(=O)N1CC2(C1)CN(C(=O)C1(C)CCCC1CC)C2. The van der Waals surface area contributed by atoms with Crippen LogP contribution in [0.4, 0.5) is 0 Å². The number of hydrogen-bond donors (Lipinski definition) is 1. The summed E-state index contributed by atoms with van der Waals surface area (Å²) in [5.41, 5.74) is 1.42. The molecule has 1 spiro atoms. The molecule has 1 saturated carbocycles. The molecule has 1 aromatic heterocycles. The minimum Gasteiger partial charge on any atom is -0.348 e. The summed E-state index contributed by atoms with van der Waals surface area (Å²) in [6.45, 7) is 9.51. The third kappa shape index (κ3) is 2.48. The summed E-state index contributed by atoms with van der Waals surface area (Å²) < 4.78 is 0. The molecule has 0 bridgehead atoms. The van der Waals surface area contributed by atoms with E-state index in [1.165, 1.54) is 12.8 Å². The van der Waals surface area contributed by atoms with Gasteiger partial charge in [0.25, 0.3) is 5.91 Å². The van der Waals surface area contributed by atoms with Gasteiger partial charge >= 0.3 is 0 Å². The second kappa shape index (κ2) is 6.10. The van der Waals surface area contributed by atoms with E-state index >= 15 is 0 Å². The monoisotopic (exact) mass is 358 g/mol. The smallest absolute Gasteiger partial charge is 0.274 e. The van der Waals surface area contributed by atoms with Crippen molar-refractivity contribution in [1.82, 2.24) is 19.8 Å². The Bertz CT molecular complexity index is 713. The van der Waals surface area contributed by atoms with Crippen LogP contribution in [0.25, 0.3) is 0 Å². The van der Waals surface area contributed by atoms with Gasteiger partial charge in [-0.15, -0.1) is 0 Å². The van der Waals surface area contributed by atoms with Crippen molar-refractivity contribution in [2.75, 3.05) is 26.2 Å². The zero-order valence-corrected chi connectivity index (χ0v) is 16.2. The minimum absolute atomic E-state index is 0.0207. The van der Waals surface area contributed by atoms with Gasteiger partial charge in [-0.25, -0.2) is 4.98 Å². The summed E-state index contributed by atoms with van der Waals surface area (Å²) >= 11 is 0. The Morgan fingerprint density at radius 3 is 2.58 bits per heavy atom. The molecule has 142 valence electrons. The number of carbonyl (C=O) groups excluding carboxylic acids is 2. The number of aromatic amines is 1. The van der Waals surface area contributed by atoms with Gasteiger partial charge < -0.3 is 14.8 Å². The maximum absolute atomic E-state index is 13.1. The molecule has 2 saturated heterocycles. The Hall–Kier alpha value is -1.85. The summed E-state index contributed by atoms with van der Waals surface area (Å²) in [7, 11) is 0. The number of aromatic nitrogens is 2. The maximum atomic E-state index is 13.1. The van der Waals surface area contributed by atoms with Crippen molar-refractivity contribution in [1.29, 1.82) is 0 Å². The molecule has 1 aromatic rings. The first-order chi connectivity index (χ1) is 12.4. The maximum Gasteiger partial charge on any atom is 0.274 e. The summed E-state index contributed by atoms with van der Waals surface area (Å²) in [6, 6.07) is 0. The molecule has 2 amide bonds. The van der Waals surface area contributed by atoms with E-state index in [2.05, 4.69) is 23.8 Å². The van der Waals surface area contributed by atoms with Crippen LogP contribution in [0.1, 0.15) is 62.6 Å². The van der Waals surface area contributed by atoms with Gasteiger partial charge in [0.15, 0.2) is 0 Å². The van der Waals surface area contributed by atoms with Crippen LogP contribution in [0, 0.1) is 16.7 Å². The molecule has 0 radical (unpaired) electrons. The number of rotatable bonds is 4. The van der Waals surface area contributed by atoms with Gasteiger partial charge in [-0.05, 0) is 25.2 Å². The first-order valence-corrected chi connectivity index (χ1v) is 10.0. The van der Waals surface area contributed by atoms with Crippen LogP contribution in [0.15, 0.2) is 6.33 Å². The molecule has 3 aliphatic rings. The molecule has 1 aliphatic carbocycles. The second-order valence-electron chi connectivity index (χ2n) is 8.82. The lowest BCUT2D eigenvalue weighted by atomic mass is 9.69. The molecule has 6 nitrogen and oxygen atoms in total. The van der Waals surface area contributed by atoms with Crippen molar-refractivity contribution in [2.24, 2.45) is 16.7 Å². The van der Waals surface area contributed by atoms with Crippen molar-refractivity contribution in [3.05, 3.63) is 17.7 Å². The molecule has 4 rings (SSSR count).